The number of anilines is 2. The lowest BCUT2D eigenvalue weighted by atomic mass is 10.1. The van der Waals surface area contributed by atoms with Crippen LogP contribution in [0.5, 0.6) is 0 Å². The van der Waals surface area contributed by atoms with Crippen molar-refractivity contribution in [2.24, 2.45) is 0 Å². The molecule has 0 unspecified atom stereocenters. The summed E-state index contributed by atoms with van der Waals surface area (Å²) in [6.07, 6.45) is 0.528. The Morgan fingerprint density at radius 1 is 1.31 bits per heavy atom. The summed E-state index contributed by atoms with van der Waals surface area (Å²) >= 11 is 6.05. The maximum atomic E-state index is 12.9. The summed E-state index contributed by atoms with van der Waals surface area (Å²) in [5.74, 6) is 0.432. The molecule has 0 bridgehead atoms. The molecule has 0 aliphatic carbocycles. The first kappa shape index (κ1) is 24.3. The highest BCUT2D eigenvalue weighted by Gasteiger charge is 2.22. The third-order valence-electron chi connectivity index (χ3n) is 6.39. The number of aromatic amines is 2. The molecular formula is C26H28ClN5O4. The quantitative estimate of drug-likeness (QED) is 0.259. The summed E-state index contributed by atoms with van der Waals surface area (Å²) in [6.45, 7) is 4.02. The molecule has 10 heteroatoms. The second kappa shape index (κ2) is 10.3. The number of benzene rings is 2. The summed E-state index contributed by atoms with van der Waals surface area (Å²) < 4.78 is 5.58. The molecule has 0 spiro atoms. The number of ether oxygens (including phenoxy) is 1. The van der Waals surface area contributed by atoms with E-state index in [0.29, 0.717) is 40.8 Å². The van der Waals surface area contributed by atoms with Gasteiger partial charge < -0.3 is 35.1 Å². The van der Waals surface area contributed by atoms with Crippen molar-refractivity contribution < 1.29 is 14.9 Å². The molecule has 1 aliphatic rings. The topological polar surface area (TPSA) is 126 Å². The second-order valence-electron chi connectivity index (χ2n) is 8.91. The highest BCUT2D eigenvalue weighted by molar-refractivity contribution is 6.30. The molecule has 5 N–H and O–H groups in total. The van der Waals surface area contributed by atoms with E-state index in [1.54, 1.807) is 36.5 Å². The van der Waals surface area contributed by atoms with Gasteiger partial charge in [0.15, 0.2) is 0 Å². The normalized spacial score (nSPS) is 16.9. The Kier molecular flexibility index (Phi) is 6.97. The molecule has 2 aromatic heterocycles. The predicted molar refractivity (Wildman–Crippen MR) is 141 cm³/mol. The van der Waals surface area contributed by atoms with E-state index in [1.165, 1.54) is 0 Å². The molecule has 2 aromatic carbocycles. The predicted octanol–water partition coefficient (Wildman–Crippen LogP) is 3.22. The van der Waals surface area contributed by atoms with E-state index in [1.807, 2.05) is 13.0 Å². The molecule has 1 fully saturated rings. The first-order valence-electron chi connectivity index (χ1n) is 11.8. The van der Waals surface area contributed by atoms with Gasteiger partial charge in [0.25, 0.3) is 5.56 Å². The van der Waals surface area contributed by atoms with Crippen molar-refractivity contribution >= 4 is 34.0 Å². The van der Waals surface area contributed by atoms with Crippen molar-refractivity contribution in [2.75, 3.05) is 43.1 Å². The first-order chi connectivity index (χ1) is 17.4. The number of aliphatic hydroxyl groups is 2. The molecule has 0 radical (unpaired) electrons. The van der Waals surface area contributed by atoms with Crippen LogP contribution in [-0.2, 0) is 4.74 Å². The lowest BCUT2D eigenvalue weighted by Crippen LogP contribution is -2.44. The lowest BCUT2D eigenvalue weighted by Gasteiger charge is -2.33. The van der Waals surface area contributed by atoms with E-state index in [-0.39, 0.29) is 24.8 Å². The van der Waals surface area contributed by atoms with Crippen molar-refractivity contribution in [3.8, 4) is 11.4 Å². The molecular weight excluding hydrogens is 482 g/mol. The number of aliphatic hydroxyl groups excluding tert-OH is 2. The number of aromatic nitrogens is 3. The monoisotopic (exact) mass is 509 g/mol. The SMILES string of the molecule is Cc1cc(N2CCO[C@@H](CO)C2)cc2[nH]c(-c3c(NC[C@H](O)c4cccc(Cl)c4)cc[nH]c3=O)nc12. The average molecular weight is 510 g/mol. The highest BCUT2D eigenvalue weighted by Crippen LogP contribution is 2.30. The first-order valence-corrected chi connectivity index (χ1v) is 12.2. The summed E-state index contributed by atoms with van der Waals surface area (Å²) in [7, 11) is 0. The van der Waals surface area contributed by atoms with E-state index in [9.17, 15) is 15.0 Å². The van der Waals surface area contributed by atoms with Gasteiger partial charge in [0.1, 0.15) is 11.4 Å². The Balaban J connectivity index is 1.44. The van der Waals surface area contributed by atoms with Crippen molar-refractivity contribution in [1.29, 1.82) is 0 Å². The molecule has 0 amide bonds. The maximum absolute atomic E-state index is 12.9. The molecule has 5 rings (SSSR count). The zero-order chi connectivity index (χ0) is 25.2. The Morgan fingerprint density at radius 2 is 2.17 bits per heavy atom. The largest absolute Gasteiger partial charge is 0.394 e. The summed E-state index contributed by atoms with van der Waals surface area (Å²) in [5, 5.41) is 23.8. The van der Waals surface area contributed by atoms with Crippen molar-refractivity contribution in [2.45, 2.75) is 19.1 Å². The number of imidazole rings is 1. The highest BCUT2D eigenvalue weighted by atomic mass is 35.5. The number of aryl methyl sites for hydroxylation is 1. The van der Waals surface area contributed by atoms with Crippen LogP contribution in [0.2, 0.25) is 5.02 Å². The van der Waals surface area contributed by atoms with E-state index < -0.39 is 6.10 Å². The van der Waals surface area contributed by atoms with Crippen molar-refractivity contribution in [1.82, 2.24) is 15.0 Å². The third kappa shape index (κ3) is 4.96. The number of H-pyrrole nitrogens is 2. The summed E-state index contributed by atoms with van der Waals surface area (Å²) in [5.41, 5.74) is 4.84. The minimum atomic E-state index is -0.812. The molecule has 36 heavy (non-hydrogen) atoms. The Bertz CT molecular complexity index is 1440. The maximum Gasteiger partial charge on any atom is 0.261 e. The standard InChI is InChI=1S/C26H28ClN5O4/c1-15-9-18(32-7-8-36-19(13-32)14-33)11-21-24(15)31-25(30-21)23-20(5-6-28-26(23)35)29-12-22(34)16-3-2-4-17(27)10-16/h2-6,9-11,19,22,33-34H,7-8,12-14H2,1H3,(H,30,31)(H2,28,29,35)/t19-,22+/m1/s1. The summed E-state index contributed by atoms with van der Waals surface area (Å²) in [6, 6.07) is 12.9. The van der Waals surface area contributed by atoms with Crippen LogP contribution in [0.1, 0.15) is 17.2 Å². The van der Waals surface area contributed by atoms with Crippen LogP contribution >= 0.6 is 11.6 Å². The van der Waals surface area contributed by atoms with Crippen LogP contribution in [0, 0.1) is 6.92 Å². The van der Waals surface area contributed by atoms with Crippen LogP contribution in [0.4, 0.5) is 11.4 Å². The van der Waals surface area contributed by atoms with Gasteiger partial charge in [0.05, 0.1) is 42.1 Å². The molecule has 2 atom stereocenters. The molecule has 0 saturated carbocycles. The van der Waals surface area contributed by atoms with E-state index in [4.69, 9.17) is 21.3 Å². The Labute approximate surface area is 212 Å². The van der Waals surface area contributed by atoms with Gasteiger partial charge in [-0.3, -0.25) is 4.79 Å². The summed E-state index contributed by atoms with van der Waals surface area (Å²) in [4.78, 5) is 25.8. The van der Waals surface area contributed by atoms with Gasteiger partial charge in [-0.2, -0.15) is 0 Å². The fourth-order valence-corrected chi connectivity index (χ4v) is 4.73. The number of pyridine rings is 1. The second-order valence-corrected chi connectivity index (χ2v) is 9.35. The van der Waals surface area contributed by atoms with E-state index in [2.05, 4.69) is 26.3 Å². The zero-order valence-corrected chi connectivity index (χ0v) is 20.5. The van der Waals surface area contributed by atoms with E-state index >= 15 is 0 Å². The van der Waals surface area contributed by atoms with Crippen LogP contribution in [0.25, 0.3) is 22.4 Å². The number of hydrogen-bond acceptors (Lipinski definition) is 7. The fourth-order valence-electron chi connectivity index (χ4n) is 4.54. The number of halogens is 1. The fraction of sp³-hybridized carbons (Fsp3) is 0.308. The molecule has 1 aliphatic heterocycles. The third-order valence-corrected chi connectivity index (χ3v) is 6.62. The van der Waals surface area contributed by atoms with Gasteiger partial charge in [-0.25, -0.2) is 4.98 Å². The van der Waals surface area contributed by atoms with Gasteiger partial charge >= 0.3 is 0 Å². The smallest absolute Gasteiger partial charge is 0.261 e. The molecule has 9 nitrogen and oxygen atoms in total. The number of rotatable bonds is 7. The van der Waals surface area contributed by atoms with Gasteiger partial charge in [0.2, 0.25) is 0 Å². The molecule has 3 heterocycles. The van der Waals surface area contributed by atoms with Gasteiger partial charge in [-0.05, 0) is 48.4 Å². The number of hydrogen-bond donors (Lipinski definition) is 5. The molecule has 188 valence electrons. The van der Waals surface area contributed by atoms with Crippen LogP contribution < -0.4 is 15.8 Å². The Hall–Kier alpha value is -3.37. The average Bonchev–Trinajstić information content (AvgIpc) is 3.31. The van der Waals surface area contributed by atoms with Crippen LogP contribution in [0.15, 0.2) is 53.5 Å². The van der Waals surface area contributed by atoms with Gasteiger partial charge in [0, 0.05) is 36.5 Å². The minimum Gasteiger partial charge on any atom is -0.394 e. The van der Waals surface area contributed by atoms with Crippen LogP contribution in [-0.4, -0.2) is 64.1 Å². The van der Waals surface area contributed by atoms with Crippen LogP contribution in [0.3, 0.4) is 0 Å². The van der Waals surface area contributed by atoms with Gasteiger partial charge in [-0.1, -0.05) is 23.7 Å². The Morgan fingerprint density at radius 3 is 2.97 bits per heavy atom. The minimum absolute atomic E-state index is 0.0233. The lowest BCUT2D eigenvalue weighted by molar-refractivity contribution is 0.00357. The molecule has 4 aromatic rings. The number of nitrogens with one attached hydrogen (secondary N) is 3. The number of nitrogens with zero attached hydrogens (tertiary/aromatic N) is 2. The van der Waals surface area contributed by atoms with Crippen molar-refractivity contribution in [3.05, 3.63) is 75.2 Å². The van der Waals surface area contributed by atoms with E-state index in [0.717, 1.165) is 28.8 Å². The zero-order valence-electron chi connectivity index (χ0n) is 19.8. The number of fused-ring (bicyclic) bond motifs is 1. The number of morpholine rings is 1. The van der Waals surface area contributed by atoms with Gasteiger partial charge in [-0.15, -0.1) is 0 Å². The van der Waals surface area contributed by atoms with Crippen molar-refractivity contribution in [3.63, 3.8) is 0 Å². The molecule has 1 saturated heterocycles.